The number of aliphatic carboxylic acids is 3. The molecule has 0 aliphatic rings. The third-order valence-corrected chi connectivity index (χ3v) is 19.5. The molecule has 49 nitrogen and oxygen atoms in total. The van der Waals surface area contributed by atoms with Crippen molar-refractivity contribution in [2.45, 2.75) is 244 Å². The molecule has 0 aliphatic carbocycles. The maximum atomic E-state index is 14.5. The predicted octanol–water partition coefficient (Wildman–Crippen LogP) is -9.53. The number of nitrogens with zero attached hydrogens (tertiary/aromatic N) is 2. The van der Waals surface area contributed by atoms with Crippen LogP contribution in [0.3, 0.4) is 0 Å². The molecule has 0 fully saturated rings. The molecule has 1 aromatic rings. The van der Waals surface area contributed by atoms with Crippen LogP contribution < -0.4 is 126 Å². The monoisotopic (exact) mass is 1770 g/mol. The summed E-state index contributed by atoms with van der Waals surface area (Å²) < 4.78 is 0. The summed E-state index contributed by atoms with van der Waals surface area (Å²) in [4.78, 5) is 287. The zero-order valence-electron chi connectivity index (χ0n) is 71.5. The zero-order chi connectivity index (χ0) is 95.1. The van der Waals surface area contributed by atoms with Gasteiger partial charge >= 0.3 is 17.9 Å². The first-order valence-corrected chi connectivity index (χ1v) is 40.4. The third-order valence-electron chi connectivity index (χ3n) is 19.5. The van der Waals surface area contributed by atoms with E-state index in [0.717, 1.165) is 0 Å². The van der Waals surface area contributed by atoms with Gasteiger partial charge in [-0.25, -0.2) is 4.79 Å². The van der Waals surface area contributed by atoms with Crippen LogP contribution in [-0.4, -0.2) is 263 Å². The van der Waals surface area contributed by atoms with E-state index in [0.29, 0.717) is 5.56 Å². The van der Waals surface area contributed by atoms with E-state index in [1.54, 1.807) is 78.8 Å². The van der Waals surface area contributed by atoms with Crippen LogP contribution in [0.15, 0.2) is 40.3 Å². The van der Waals surface area contributed by atoms with E-state index in [-0.39, 0.29) is 95.6 Å². The second-order valence-electron chi connectivity index (χ2n) is 30.0. The number of hydrogen-bond donors (Lipinski definition) is 26. The molecule has 16 atom stereocenters. The van der Waals surface area contributed by atoms with Gasteiger partial charge in [0.2, 0.25) is 106 Å². The quantitative estimate of drug-likeness (QED) is 0.0164. The second kappa shape index (κ2) is 57.0. The fourth-order valence-corrected chi connectivity index (χ4v) is 11.7. The first-order chi connectivity index (χ1) is 58.6. The number of carbonyl (C=O) groups excluding carboxylic acids is 18. The maximum absolute atomic E-state index is 14.5. The Bertz CT molecular complexity index is 3980. The molecule has 49 heteroatoms. The molecule has 0 radical (unpaired) electrons. The summed E-state index contributed by atoms with van der Waals surface area (Å²) >= 11 is 0. The molecule has 0 aliphatic heterocycles. The summed E-state index contributed by atoms with van der Waals surface area (Å²) in [6.45, 7) is 11.3. The van der Waals surface area contributed by atoms with E-state index < -0.39 is 278 Å². The normalized spacial score (nSPS) is 14.7. The number of primary amides is 3. The molecule has 18 amide bonds. The molecule has 125 heavy (non-hydrogen) atoms. The van der Waals surface area contributed by atoms with Crippen molar-refractivity contribution in [1.82, 2.24) is 79.8 Å². The number of nitrogens with one attached hydrogen (secondary N) is 15. The standard InChI is InChI=1S/C76H125N25O24/c1-10-37(6)59(71(121)88-35-55(107)92-48(31-56(108)109)68(118)96-49(32-57(110)111)69(119)100-60(38(7)11-2)72(122)97-47(30-52(80)104)67(117)95-46(74(124)125)21-17-29-86-76(83)84)101-73(123)61(39(8)12-3)99-62(112)40(9)89-63(113)44(23-22-41-18-14-13-15-19-41)93-65(115)45(25-27-51(79)103)94-64(114)42(20-16-28-85-75(81)82)91-54(106)34-87-70(120)58(36(4)5)98-66(116)43(24-26-50(78)102)90-53(105)33-77/h13-15,18-19,36-40,42-49,58-61H,10-12,16-17,20-35,77H2,1-9H3,(H2,78,102)(H2,79,103)(H2,80,104)(H,87,120)(H,88,121)(H,89,113)(H,90,105)(H,91,106)(H,92,107)(H,93,115)(H,94,114)(H,95,117)(H,96,118)(H,97,122)(H,98,116)(H,99,112)(H,100,119)(H,101,123)(H,108,109)(H,110,111)(H,124,125)(H4,81,82,85)(H4,83,84,86)/t37-,38-,39-,40-,42-,43-,44-,45-,46-,47-,48-,49-,58-,59-,60-,61-/m0/s1. The van der Waals surface area contributed by atoms with Crippen molar-refractivity contribution in [1.29, 1.82) is 0 Å². The minimum absolute atomic E-state index is 0.0183. The van der Waals surface area contributed by atoms with Gasteiger partial charge in [0.1, 0.15) is 78.5 Å². The van der Waals surface area contributed by atoms with Gasteiger partial charge in [-0.2, -0.15) is 0 Å². The van der Waals surface area contributed by atoms with Gasteiger partial charge < -0.3 is 141 Å². The molecular weight excluding hydrogens is 1650 g/mol. The smallest absolute Gasteiger partial charge is 0.326 e. The van der Waals surface area contributed by atoms with Crippen LogP contribution in [0.2, 0.25) is 0 Å². The number of guanidine groups is 2. The summed E-state index contributed by atoms with van der Waals surface area (Å²) in [5, 5.41) is 65.0. The van der Waals surface area contributed by atoms with Gasteiger partial charge in [-0.05, 0) is 87.5 Å². The molecule has 1 aromatic carbocycles. The van der Waals surface area contributed by atoms with E-state index in [2.05, 4.69) is 84.4 Å². The van der Waals surface area contributed by atoms with Gasteiger partial charge in [0, 0.05) is 25.9 Å². The Morgan fingerprint density at radius 3 is 1.10 bits per heavy atom. The van der Waals surface area contributed by atoms with Crippen molar-refractivity contribution in [2.75, 3.05) is 32.7 Å². The minimum atomic E-state index is -2.14. The van der Waals surface area contributed by atoms with Crippen molar-refractivity contribution in [3.63, 3.8) is 0 Å². The first kappa shape index (κ1) is 110. The number of aliphatic imine (C=N–C) groups is 2. The summed E-state index contributed by atoms with van der Waals surface area (Å²) in [7, 11) is 0. The van der Waals surface area contributed by atoms with Crippen LogP contribution in [0.1, 0.15) is 164 Å². The Kier molecular flexibility index (Phi) is 50.0. The molecule has 0 saturated heterocycles. The third kappa shape index (κ3) is 43.3. The molecule has 0 bridgehead atoms. The number of amides is 18. The van der Waals surface area contributed by atoms with Crippen LogP contribution in [0.4, 0.5) is 0 Å². The highest BCUT2D eigenvalue weighted by Crippen LogP contribution is 2.17. The van der Waals surface area contributed by atoms with Crippen LogP contribution >= 0.6 is 0 Å². The summed E-state index contributed by atoms with van der Waals surface area (Å²) in [6, 6.07) is -12.7. The molecule has 0 aromatic heterocycles. The minimum Gasteiger partial charge on any atom is -0.481 e. The van der Waals surface area contributed by atoms with Gasteiger partial charge in [-0.15, -0.1) is 0 Å². The number of rotatable bonds is 61. The van der Waals surface area contributed by atoms with Crippen LogP contribution in [0, 0.1) is 23.7 Å². The number of carboxylic acids is 3. The van der Waals surface area contributed by atoms with Crippen molar-refractivity contribution < 1.29 is 116 Å². The predicted molar refractivity (Wildman–Crippen MR) is 446 cm³/mol. The summed E-state index contributed by atoms with van der Waals surface area (Å²) in [5.41, 5.74) is 43.8. The average molecular weight is 1770 g/mol. The Morgan fingerprint density at radius 2 is 0.672 bits per heavy atom. The van der Waals surface area contributed by atoms with E-state index in [1.165, 1.54) is 13.8 Å². The van der Waals surface area contributed by atoms with Crippen molar-refractivity contribution in [3.05, 3.63) is 35.9 Å². The number of hydrogen-bond acceptors (Lipinski definition) is 24. The molecule has 0 saturated carbocycles. The summed E-state index contributed by atoms with van der Waals surface area (Å²) in [6.07, 6.45) is -4.87. The lowest BCUT2D eigenvalue weighted by Gasteiger charge is -2.30. The van der Waals surface area contributed by atoms with Gasteiger partial charge in [0.15, 0.2) is 11.9 Å². The second-order valence-corrected chi connectivity index (χ2v) is 30.0. The number of carbonyl (C=O) groups is 21. The largest absolute Gasteiger partial charge is 0.481 e. The number of nitrogens with two attached hydrogens (primary N) is 8. The van der Waals surface area contributed by atoms with E-state index in [1.807, 2.05) is 5.32 Å². The number of carboxylic acid groups (broad SMARTS) is 3. The highest BCUT2D eigenvalue weighted by Gasteiger charge is 2.40. The van der Waals surface area contributed by atoms with Crippen molar-refractivity contribution in [3.8, 4) is 0 Å². The van der Waals surface area contributed by atoms with E-state index in [9.17, 15) is 116 Å². The molecule has 1 rings (SSSR count). The highest BCUT2D eigenvalue weighted by atomic mass is 16.4. The highest BCUT2D eigenvalue weighted by molar-refractivity contribution is 6.02. The van der Waals surface area contributed by atoms with Gasteiger partial charge in [0.05, 0.1) is 38.9 Å². The fraction of sp³-hybridized carbons (Fsp3) is 0.618. The Labute approximate surface area is 721 Å². The Hall–Kier alpha value is -13.4. The average Bonchev–Trinajstić information content (AvgIpc) is 0.851. The van der Waals surface area contributed by atoms with Crippen molar-refractivity contribution >= 4 is 136 Å². The van der Waals surface area contributed by atoms with Crippen LogP contribution in [-0.2, 0) is 107 Å². The SMILES string of the molecule is CC[C@H](C)[C@H](NC(=O)[C@H](C)NC(=O)[C@H](CCc1ccccc1)NC(=O)[C@H](CCC(N)=O)NC(=O)[C@H](CCCN=C(N)N)NC(=O)CNC(=O)[C@@H](NC(=O)[C@H](CCC(N)=O)NC(=O)CN)C(C)C)C(=O)N[C@H](C(=O)NCC(=O)N[C@@H](CC(=O)O)C(=O)N[C@@H](CC(=O)O)C(=O)N[C@H](C(=O)N[C@@H](CC(N)=O)C(=O)N[C@@H](CCCN=C(N)N)C(=O)O)[C@@H](C)CC)[C@@H](C)CC. The summed E-state index contributed by atoms with van der Waals surface area (Å²) in [5.74, 6) is -27.4. The molecule has 0 unspecified atom stereocenters. The Morgan fingerprint density at radius 1 is 0.344 bits per heavy atom. The number of benzene rings is 1. The number of aryl methyl sites for hydroxylation is 1. The fourth-order valence-electron chi connectivity index (χ4n) is 11.7. The van der Waals surface area contributed by atoms with Crippen LogP contribution in [0.5, 0.6) is 0 Å². The molecule has 698 valence electrons. The lowest BCUT2D eigenvalue weighted by molar-refractivity contribution is -0.143. The topological polar surface area (TPSA) is 832 Å². The van der Waals surface area contributed by atoms with E-state index in [4.69, 9.17) is 45.9 Å². The lowest BCUT2D eigenvalue weighted by atomic mass is 9.94. The maximum Gasteiger partial charge on any atom is 0.326 e. The molecule has 0 spiro atoms. The van der Waals surface area contributed by atoms with Gasteiger partial charge in [-0.3, -0.25) is 106 Å². The molecule has 0 heterocycles. The molecular formula is C76H125N25O24. The Balaban J connectivity index is 3.56. The molecule has 34 N–H and O–H groups in total. The first-order valence-electron chi connectivity index (χ1n) is 40.4. The van der Waals surface area contributed by atoms with E-state index >= 15 is 0 Å². The van der Waals surface area contributed by atoms with Crippen LogP contribution in [0.25, 0.3) is 0 Å². The zero-order valence-corrected chi connectivity index (χ0v) is 71.5. The van der Waals surface area contributed by atoms with Gasteiger partial charge in [0.25, 0.3) is 0 Å². The van der Waals surface area contributed by atoms with Crippen molar-refractivity contribution in [2.24, 2.45) is 79.5 Å². The van der Waals surface area contributed by atoms with Gasteiger partial charge in [-0.1, -0.05) is 105 Å². The lowest BCUT2D eigenvalue weighted by Crippen LogP contribution is -2.61.